The van der Waals surface area contributed by atoms with Gasteiger partial charge in [-0.05, 0) is 43.7 Å². The number of aliphatic hydroxyl groups excluding tert-OH is 1. The van der Waals surface area contributed by atoms with Crippen LogP contribution in [-0.4, -0.2) is 45.1 Å². The van der Waals surface area contributed by atoms with Gasteiger partial charge in [0, 0.05) is 19.3 Å². The largest absolute Gasteiger partial charge is 0.391 e. The molecule has 0 radical (unpaired) electrons. The Kier molecular flexibility index (Phi) is 4.90. The van der Waals surface area contributed by atoms with E-state index in [4.69, 9.17) is 0 Å². The van der Waals surface area contributed by atoms with Crippen molar-refractivity contribution in [1.82, 2.24) is 14.9 Å². The van der Waals surface area contributed by atoms with Crippen molar-refractivity contribution >= 4 is 5.91 Å². The fourth-order valence-electron chi connectivity index (χ4n) is 3.25. The van der Waals surface area contributed by atoms with Gasteiger partial charge in [-0.3, -0.25) is 9.78 Å². The van der Waals surface area contributed by atoms with Gasteiger partial charge >= 0.3 is 0 Å². The molecule has 1 N–H and O–H groups in total. The van der Waals surface area contributed by atoms with E-state index in [0.717, 1.165) is 18.5 Å². The molecule has 1 aliphatic rings. The number of amides is 1. The summed E-state index contributed by atoms with van der Waals surface area (Å²) in [7, 11) is 0. The number of aliphatic hydroxyl groups is 1. The van der Waals surface area contributed by atoms with Crippen LogP contribution in [0.5, 0.6) is 0 Å². The molecule has 1 amide bonds. The summed E-state index contributed by atoms with van der Waals surface area (Å²) in [6.07, 6.45) is 4.24. The molecule has 0 saturated carbocycles. The van der Waals surface area contributed by atoms with Gasteiger partial charge in [-0.1, -0.05) is 24.3 Å². The van der Waals surface area contributed by atoms with Crippen molar-refractivity contribution in [1.29, 1.82) is 0 Å². The van der Waals surface area contributed by atoms with Crippen LogP contribution in [0.15, 0.2) is 36.7 Å². The average Bonchev–Trinajstić information content (AvgIpc) is 2.58. The lowest BCUT2D eigenvalue weighted by Crippen LogP contribution is -2.47. The molecule has 0 unspecified atom stereocenters. The van der Waals surface area contributed by atoms with Crippen LogP contribution in [0.1, 0.15) is 33.7 Å². The molecule has 2 atom stereocenters. The third-order valence-electron chi connectivity index (χ3n) is 4.73. The highest BCUT2D eigenvalue weighted by Crippen LogP contribution is 2.24. The standard InChI is InChI=1S/C19H23N3O2/c1-13-5-3-4-6-15(13)9-16-7-8-22(12-18(16)23)19(24)17-11-20-10-14(2)21-17/h3-6,10-11,16,18,23H,7-9,12H2,1-2H3/t16-,18-/m1/s1. The number of rotatable bonds is 3. The topological polar surface area (TPSA) is 66.3 Å². The third-order valence-corrected chi connectivity index (χ3v) is 4.73. The van der Waals surface area contributed by atoms with E-state index < -0.39 is 6.10 Å². The number of likely N-dealkylation sites (tertiary alicyclic amines) is 1. The minimum atomic E-state index is -0.514. The molecule has 2 heterocycles. The van der Waals surface area contributed by atoms with Crippen molar-refractivity contribution in [3.05, 3.63) is 59.2 Å². The van der Waals surface area contributed by atoms with E-state index in [9.17, 15) is 9.90 Å². The molecule has 0 spiro atoms. The van der Waals surface area contributed by atoms with Gasteiger partial charge in [-0.25, -0.2) is 4.98 Å². The van der Waals surface area contributed by atoms with E-state index in [1.54, 1.807) is 11.1 Å². The summed E-state index contributed by atoms with van der Waals surface area (Å²) in [5.41, 5.74) is 3.58. The summed E-state index contributed by atoms with van der Waals surface area (Å²) < 4.78 is 0. The van der Waals surface area contributed by atoms with Gasteiger partial charge < -0.3 is 10.0 Å². The Bertz CT molecular complexity index is 732. The summed E-state index contributed by atoms with van der Waals surface area (Å²) in [6, 6.07) is 8.27. The Hall–Kier alpha value is -2.27. The number of aryl methyl sites for hydroxylation is 2. The minimum Gasteiger partial charge on any atom is -0.391 e. The number of piperidine rings is 1. The summed E-state index contributed by atoms with van der Waals surface area (Å²) >= 11 is 0. The number of benzene rings is 1. The van der Waals surface area contributed by atoms with Crippen LogP contribution in [0.3, 0.4) is 0 Å². The Labute approximate surface area is 142 Å². The Morgan fingerprint density at radius 2 is 2.08 bits per heavy atom. The minimum absolute atomic E-state index is 0.153. The van der Waals surface area contributed by atoms with E-state index in [2.05, 4.69) is 29.0 Å². The normalized spacial score (nSPS) is 20.9. The lowest BCUT2D eigenvalue weighted by atomic mass is 9.86. The summed E-state index contributed by atoms with van der Waals surface area (Å²) in [5, 5.41) is 10.5. The molecule has 1 aromatic carbocycles. The molecule has 2 aromatic rings. The van der Waals surface area contributed by atoms with Gasteiger partial charge in [0.1, 0.15) is 5.69 Å². The Morgan fingerprint density at radius 3 is 2.79 bits per heavy atom. The van der Waals surface area contributed by atoms with Crippen LogP contribution in [0.25, 0.3) is 0 Å². The van der Waals surface area contributed by atoms with Crippen LogP contribution >= 0.6 is 0 Å². The first-order chi connectivity index (χ1) is 11.5. The number of hydrogen-bond donors (Lipinski definition) is 1. The molecular formula is C19H23N3O2. The first-order valence-electron chi connectivity index (χ1n) is 8.35. The number of carbonyl (C=O) groups is 1. The van der Waals surface area contributed by atoms with Crippen molar-refractivity contribution in [2.24, 2.45) is 5.92 Å². The van der Waals surface area contributed by atoms with Crippen molar-refractivity contribution in [2.45, 2.75) is 32.8 Å². The van der Waals surface area contributed by atoms with Gasteiger partial charge in [0.05, 0.1) is 18.0 Å². The van der Waals surface area contributed by atoms with E-state index >= 15 is 0 Å². The van der Waals surface area contributed by atoms with E-state index in [1.807, 2.05) is 19.1 Å². The lowest BCUT2D eigenvalue weighted by Gasteiger charge is -2.36. The fourth-order valence-corrected chi connectivity index (χ4v) is 3.25. The average molecular weight is 325 g/mol. The number of carbonyl (C=O) groups excluding carboxylic acids is 1. The molecule has 0 bridgehead atoms. The monoisotopic (exact) mass is 325 g/mol. The van der Waals surface area contributed by atoms with Crippen molar-refractivity contribution in [3.8, 4) is 0 Å². The van der Waals surface area contributed by atoms with Crippen LogP contribution in [0.2, 0.25) is 0 Å². The lowest BCUT2D eigenvalue weighted by molar-refractivity contribution is 0.0194. The molecule has 3 rings (SSSR count). The zero-order valence-electron chi connectivity index (χ0n) is 14.1. The highest BCUT2D eigenvalue weighted by molar-refractivity contribution is 5.92. The predicted octanol–water partition coefficient (Wildman–Crippen LogP) is 2.16. The molecule has 5 nitrogen and oxygen atoms in total. The van der Waals surface area contributed by atoms with Gasteiger partial charge in [0.15, 0.2) is 0 Å². The fraction of sp³-hybridized carbons (Fsp3) is 0.421. The maximum atomic E-state index is 12.5. The molecule has 1 aliphatic heterocycles. The quantitative estimate of drug-likeness (QED) is 0.939. The molecule has 1 fully saturated rings. The zero-order chi connectivity index (χ0) is 17.1. The smallest absolute Gasteiger partial charge is 0.274 e. The Balaban J connectivity index is 1.65. The molecule has 1 aromatic heterocycles. The SMILES string of the molecule is Cc1cncc(C(=O)N2CC[C@H](Cc3ccccc3C)[C@H](O)C2)n1. The predicted molar refractivity (Wildman–Crippen MR) is 91.7 cm³/mol. The molecule has 1 saturated heterocycles. The van der Waals surface area contributed by atoms with Crippen LogP contribution < -0.4 is 0 Å². The van der Waals surface area contributed by atoms with Gasteiger partial charge in [-0.15, -0.1) is 0 Å². The summed E-state index contributed by atoms with van der Waals surface area (Å²) in [5.74, 6) is 0.0262. The summed E-state index contributed by atoms with van der Waals surface area (Å²) in [6.45, 7) is 4.90. The van der Waals surface area contributed by atoms with Gasteiger partial charge in [0.25, 0.3) is 5.91 Å². The van der Waals surface area contributed by atoms with Gasteiger partial charge in [-0.2, -0.15) is 0 Å². The Morgan fingerprint density at radius 1 is 1.29 bits per heavy atom. The van der Waals surface area contributed by atoms with Crippen LogP contribution in [0.4, 0.5) is 0 Å². The maximum Gasteiger partial charge on any atom is 0.274 e. The van der Waals surface area contributed by atoms with Crippen molar-refractivity contribution in [2.75, 3.05) is 13.1 Å². The highest BCUT2D eigenvalue weighted by atomic mass is 16.3. The number of aromatic nitrogens is 2. The van der Waals surface area contributed by atoms with Crippen LogP contribution in [0, 0.1) is 19.8 Å². The molecular weight excluding hydrogens is 302 g/mol. The first-order valence-corrected chi connectivity index (χ1v) is 8.35. The highest BCUT2D eigenvalue weighted by Gasteiger charge is 2.31. The van der Waals surface area contributed by atoms with E-state index in [0.29, 0.717) is 18.8 Å². The maximum absolute atomic E-state index is 12.5. The number of hydrogen-bond acceptors (Lipinski definition) is 4. The van der Waals surface area contributed by atoms with Crippen molar-refractivity contribution < 1.29 is 9.90 Å². The van der Waals surface area contributed by atoms with Crippen LogP contribution in [-0.2, 0) is 6.42 Å². The zero-order valence-corrected chi connectivity index (χ0v) is 14.1. The number of nitrogens with zero attached hydrogens (tertiary/aromatic N) is 3. The second-order valence-corrected chi connectivity index (χ2v) is 6.54. The molecule has 126 valence electrons. The second-order valence-electron chi connectivity index (χ2n) is 6.54. The second kappa shape index (κ2) is 7.09. The first kappa shape index (κ1) is 16.6. The molecule has 5 heteroatoms. The van der Waals surface area contributed by atoms with Crippen molar-refractivity contribution in [3.63, 3.8) is 0 Å². The third kappa shape index (κ3) is 3.62. The number of β-amino-alcohol motifs (C(OH)–C–C–N with tert-alkyl or cyclic N) is 1. The van der Waals surface area contributed by atoms with E-state index in [1.165, 1.54) is 17.3 Å². The van der Waals surface area contributed by atoms with Gasteiger partial charge in [0.2, 0.25) is 0 Å². The van der Waals surface area contributed by atoms with E-state index in [-0.39, 0.29) is 11.8 Å². The molecule has 0 aliphatic carbocycles. The summed E-state index contributed by atoms with van der Waals surface area (Å²) in [4.78, 5) is 22.5. The molecule has 24 heavy (non-hydrogen) atoms.